The lowest BCUT2D eigenvalue weighted by atomic mass is 10.3. The van der Waals surface area contributed by atoms with Gasteiger partial charge in [0.15, 0.2) is 0 Å². The van der Waals surface area contributed by atoms with Gasteiger partial charge in [0.1, 0.15) is 5.70 Å². The molecule has 0 atom stereocenters. The Morgan fingerprint density at radius 1 is 1.56 bits per heavy atom. The third kappa shape index (κ3) is 0.960. The Kier molecular flexibility index (Phi) is 1.30. The van der Waals surface area contributed by atoms with Gasteiger partial charge in [-0.3, -0.25) is 4.79 Å². The number of nitrogens with one attached hydrogen (secondary N) is 2. The summed E-state index contributed by atoms with van der Waals surface area (Å²) in [5.74, 6) is -0.189. The predicted molar refractivity (Wildman–Crippen MR) is 33.0 cm³/mol. The predicted octanol–water partition coefficient (Wildman–Crippen LogP) is -1.15. The molecule has 1 aliphatic rings. The minimum Gasteiger partial charge on any atom is -0.393 e. The molecule has 0 saturated heterocycles. The Balaban J connectivity index is 2.84. The maximum atomic E-state index is 10.7. The maximum absolute atomic E-state index is 10.7. The van der Waals surface area contributed by atoms with E-state index in [2.05, 4.69) is 10.6 Å². The average Bonchev–Trinajstić information content (AvgIpc) is 1.83. The second-order valence-corrected chi connectivity index (χ2v) is 1.90. The lowest BCUT2D eigenvalue weighted by molar-refractivity contribution is -0.118. The summed E-state index contributed by atoms with van der Waals surface area (Å²) in [6.07, 6.45) is 0. The fourth-order valence-electron chi connectivity index (χ4n) is 0.618. The van der Waals surface area contributed by atoms with Crippen molar-refractivity contribution in [2.75, 3.05) is 6.67 Å². The molecule has 1 heterocycles. The third-order valence-electron chi connectivity index (χ3n) is 1.25. The first kappa shape index (κ1) is 5.94. The molecule has 4 nitrogen and oxygen atoms in total. The standard InChI is InChI=1S/C5H9N3O/c1-3-4(6)5(9)8-2-7-3/h7H,2,6H2,1H3,(H,8,9). The molecule has 0 aromatic heterocycles. The van der Waals surface area contributed by atoms with E-state index >= 15 is 0 Å². The molecular weight excluding hydrogens is 118 g/mol. The summed E-state index contributed by atoms with van der Waals surface area (Å²) in [4.78, 5) is 10.7. The lowest BCUT2D eigenvalue weighted by Gasteiger charge is -2.16. The Bertz CT molecular complexity index is 173. The van der Waals surface area contributed by atoms with Gasteiger partial charge in [-0.25, -0.2) is 0 Å². The maximum Gasteiger partial charge on any atom is 0.270 e. The minimum absolute atomic E-state index is 0.189. The molecule has 4 N–H and O–H groups in total. The molecule has 0 fully saturated rings. The van der Waals surface area contributed by atoms with Crippen molar-refractivity contribution in [3.63, 3.8) is 0 Å². The van der Waals surface area contributed by atoms with Crippen molar-refractivity contribution in [3.05, 3.63) is 11.4 Å². The molecular formula is C5H9N3O. The fraction of sp³-hybridized carbons (Fsp3) is 0.400. The highest BCUT2D eigenvalue weighted by molar-refractivity contribution is 5.93. The molecule has 0 aromatic rings. The van der Waals surface area contributed by atoms with Crippen LogP contribution in [0.1, 0.15) is 6.92 Å². The van der Waals surface area contributed by atoms with Crippen LogP contribution in [0.5, 0.6) is 0 Å². The van der Waals surface area contributed by atoms with Crippen LogP contribution in [0, 0.1) is 0 Å². The molecule has 0 aliphatic carbocycles. The molecule has 0 unspecified atom stereocenters. The van der Waals surface area contributed by atoms with E-state index in [0.29, 0.717) is 6.67 Å². The van der Waals surface area contributed by atoms with Crippen LogP contribution in [0.4, 0.5) is 0 Å². The molecule has 4 heteroatoms. The van der Waals surface area contributed by atoms with Crippen molar-refractivity contribution in [2.45, 2.75) is 6.92 Å². The molecule has 0 spiro atoms. The summed E-state index contributed by atoms with van der Waals surface area (Å²) in [5, 5.41) is 5.41. The smallest absolute Gasteiger partial charge is 0.270 e. The molecule has 0 bridgehead atoms. The number of carbonyl (C=O) groups excluding carboxylic acids is 1. The van der Waals surface area contributed by atoms with Crippen LogP contribution in [-0.4, -0.2) is 12.6 Å². The second-order valence-electron chi connectivity index (χ2n) is 1.90. The molecule has 0 radical (unpaired) electrons. The SMILES string of the molecule is CC1=C(N)C(=O)NCN1. The van der Waals surface area contributed by atoms with Gasteiger partial charge < -0.3 is 16.4 Å². The highest BCUT2D eigenvalue weighted by Crippen LogP contribution is 1.95. The fourth-order valence-corrected chi connectivity index (χ4v) is 0.618. The Hall–Kier alpha value is -1.19. The zero-order chi connectivity index (χ0) is 6.85. The highest BCUT2D eigenvalue weighted by atomic mass is 16.2. The quantitative estimate of drug-likeness (QED) is 0.385. The largest absolute Gasteiger partial charge is 0.393 e. The van der Waals surface area contributed by atoms with Crippen molar-refractivity contribution in [3.8, 4) is 0 Å². The first-order chi connectivity index (χ1) is 4.22. The van der Waals surface area contributed by atoms with E-state index in [1.165, 1.54) is 0 Å². The van der Waals surface area contributed by atoms with Crippen LogP contribution in [0.3, 0.4) is 0 Å². The lowest BCUT2D eigenvalue weighted by Crippen LogP contribution is -2.42. The molecule has 1 rings (SSSR count). The van der Waals surface area contributed by atoms with Crippen LogP contribution in [0.2, 0.25) is 0 Å². The van der Waals surface area contributed by atoms with E-state index in [1.54, 1.807) is 6.92 Å². The van der Waals surface area contributed by atoms with E-state index < -0.39 is 0 Å². The summed E-state index contributed by atoms with van der Waals surface area (Å²) in [5.41, 5.74) is 6.35. The number of allylic oxidation sites excluding steroid dienone is 1. The summed E-state index contributed by atoms with van der Waals surface area (Å²) in [6, 6.07) is 0. The van der Waals surface area contributed by atoms with Gasteiger partial charge in [-0.2, -0.15) is 0 Å². The van der Waals surface area contributed by atoms with Gasteiger partial charge in [0.25, 0.3) is 5.91 Å². The van der Waals surface area contributed by atoms with Crippen LogP contribution in [-0.2, 0) is 4.79 Å². The third-order valence-corrected chi connectivity index (χ3v) is 1.25. The first-order valence-electron chi connectivity index (χ1n) is 2.70. The van der Waals surface area contributed by atoms with E-state index in [0.717, 1.165) is 5.70 Å². The summed E-state index contributed by atoms with van der Waals surface area (Å²) in [7, 11) is 0. The van der Waals surface area contributed by atoms with Crippen LogP contribution >= 0.6 is 0 Å². The molecule has 1 aliphatic heterocycles. The van der Waals surface area contributed by atoms with Gasteiger partial charge in [-0.05, 0) is 6.92 Å². The van der Waals surface area contributed by atoms with Gasteiger partial charge >= 0.3 is 0 Å². The second kappa shape index (κ2) is 1.97. The Morgan fingerprint density at radius 3 is 2.67 bits per heavy atom. The van der Waals surface area contributed by atoms with Crippen molar-refractivity contribution >= 4 is 5.91 Å². The number of hydrogen-bond acceptors (Lipinski definition) is 3. The van der Waals surface area contributed by atoms with Gasteiger partial charge in [0.2, 0.25) is 0 Å². The molecule has 50 valence electrons. The van der Waals surface area contributed by atoms with Crippen LogP contribution < -0.4 is 16.4 Å². The van der Waals surface area contributed by atoms with Crippen molar-refractivity contribution in [1.82, 2.24) is 10.6 Å². The summed E-state index contributed by atoms with van der Waals surface area (Å²) < 4.78 is 0. The minimum atomic E-state index is -0.189. The van der Waals surface area contributed by atoms with E-state index in [9.17, 15) is 4.79 Å². The van der Waals surface area contributed by atoms with E-state index in [1.807, 2.05) is 0 Å². The van der Waals surface area contributed by atoms with Crippen LogP contribution in [0.15, 0.2) is 11.4 Å². The average molecular weight is 127 g/mol. The van der Waals surface area contributed by atoms with Crippen LogP contribution in [0.25, 0.3) is 0 Å². The molecule has 9 heavy (non-hydrogen) atoms. The number of carbonyl (C=O) groups is 1. The number of hydrogen-bond donors (Lipinski definition) is 3. The summed E-state index contributed by atoms with van der Waals surface area (Å²) >= 11 is 0. The van der Waals surface area contributed by atoms with Gasteiger partial charge in [0.05, 0.1) is 6.67 Å². The van der Waals surface area contributed by atoms with Gasteiger partial charge in [-0.15, -0.1) is 0 Å². The Labute approximate surface area is 53.1 Å². The number of nitrogens with two attached hydrogens (primary N) is 1. The molecule has 0 saturated carbocycles. The highest BCUT2D eigenvalue weighted by Gasteiger charge is 2.11. The topological polar surface area (TPSA) is 67.2 Å². The van der Waals surface area contributed by atoms with E-state index in [4.69, 9.17) is 5.73 Å². The summed E-state index contributed by atoms with van der Waals surface area (Å²) in [6.45, 7) is 2.25. The normalized spacial score (nSPS) is 19.0. The Morgan fingerprint density at radius 2 is 2.22 bits per heavy atom. The molecule has 1 amide bonds. The van der Waals surface area contributed by atoms with Gasteiger partial charge in [-0.1, -0.05) is 0 Å². The number of rotatable bonds is 0. The van der Waals surface area contributed by atoms with Crippen molar-refractivity contribution < 1.29 is 4.79 Å². The zero-order valence-electron chi connectivity index (χ0n) is 5.19. The first-order valence-corrected chi connectivity index (χ1v) is 2.70. The van der Waals surface area contributed by atoms with Gasteiger partial charge in [0, 0.05) is 5.70 Å². The van der Waals surface area contributed by atoms with E-state index in [-0.39, 0.29) is 11.6 Å². The molecule has 0 aromatic carbocycles. The monoisotopic (exact) mass is 127 g/mol. The number of amides is 1. The van der Waals surface area contributed by atoms with Crippen molar-refractivity contribution in [1.29, 1.82) is 0 Å². The van der Waals surface area contributed by atoms with Crippen molar-refractivity contribution in [2.24, 2.45) is 5.73 Å². The zero-order valence-corrected chi connectivity index (χ0v) is 5.19.